The first-order valence-electron chi connectivity index (χ1n) is 5.01. The van der Waals surface area contributed by atoms with Crippen LogP contribution in [-0.2, 0) is 4.74 Å². The molecule has 1 aliphatic rings. The Bertz CT molecular complexity index is 335. The van der Waals surface area contributed by atoms with Crippen LogP contribution < -0.4 is 10.6 Å². The molecule has 2 rings (SSSR count). The first kappa shape index (κ1) is 10.2. The molecule has 2 N–H and O–H groups in total. The van der Waals surface area contributed by atoms with Gasteiger partial charge in [0.05, 0.1) is 17.5 Å². The Kier molecular flexibility index (Phi) is 2.77. The summed E-state index contributed by atoms with van der Waals surface area (Å²) in [4.78, 5) is 0. The van der Waals surface area contributed by atoms with Crippen molar-refractivity contribution in [3.63, 3.8) is 0 Å². The molecule has 1 aliphatic heterocycles. The van der Waals surface area contributed by atoms with Gasteiger partial charge in [0.15, 0.2) is 0 Å². The summed E-state index contributed by atoms with van der Waals surface area (Å²) in [6.07, 6.45) is 0.112. The van der Waals surface area contributed by atoms with Gasteiger partial charge in [-0.05, 0) is 24.6 Å². The third kappa shape index (κ3) is 2.04. The summed E-state index contributed by atoms with van der Waals surface area (Å²) < 4.78 is 18.6. The van der Waals surface area contributed by atoms with Crippen LogP contribution in [0, 0.1) is 12.7 Å². The van der Waals surface area contributed by atoms with Crippen LogP contribution in [0.15, 0.2) is 12.1 Å². The van der Waals surface area contributed by atoms with Crippen LogP contribution in [0.2, 0.25) is 0 Å². The zero-order chi connectivity index (χ0) is 10.8. The van der Waals surface area contributed by atoms with Crippen LogP contribution in [0.25, 0.3) is 0 Å². The molecule has 0 bridgehead atoms. The highest BCUT2D eigenvalue weighted by molar-refractivity contribution is 5.70. The minimum Gasteiger partial charge on any atom is -0.381 e. The van der Waals surface area contributed by atoms with Gasteiger partial charge in [-0.2, -0.15) is 0 Å². The predicted molar refractivity (Wildman–Crippen MR) is 58.9 cm³/mol. The molecule has 15 heavy (non-hydrogen) atoms. The number of halogens is 1. The van der Waals surface area contributed by atoms with Crippen molar-refractivity contribution in [3.8, 4) is 0 Å². The van der Waals surface area contributed by atoms with Gasteiger partial charge < -0.3 is 15.4 Å². The van der Waals surface area contributed by atoms with E-state index in [2.05, 4.69) is 10.6 Å². The van der Waals surface area contributed by atoms with Crippen LogP contribution in [0.1, 0.15) is 5.56 Å². The minimum atomic E-state index is -0.182. The zero-order valence-corrected chi connectivity index (χ0v) is 8.93. The molecule has 1 aromatic carbocycles. The molecule has 3 nitrogen and oxygen atoms in total. The highest BCUT2D eigenvalue weighted by Crippen LogP contribution is 2.27. The third-order valence-electron chi connectivity index (χ3n) is 2.67. The molecule has 0 amide bonds. The largest absolute Gasteiger partial charge is 0.381 e. The van der Waals surface area contributed by atoms with E-state index in [0.717, 1.165) is 17.9 Å². The zero-order valence-electron chi connectivity index (χ0n) is 8.93. The van der Waals surface area contributed by atoms with E-state index >= 15 is 0 Å². The molecule has 0 spiro atoms. The second-order valence-electron chi connectivity index (χ2n) is 3.77. The number of benzene rings is 1. The van der Waals surface area contributed by atoms with Crippen molar-refractivity contribution in [1.29, 1.82) is 0 Å². The Morgan fingerprint density at radius 2 is 1.87 bits per heavy atom. The predicted octanol–water partition coefficient (Wildman–Crippen LogP) is 1.99. The number of rotatable bonds is 1. The molecule has 1 aromatic rings. The number of nitrogens with one attached hydrogen (secondary N) is 2. The van der Waals surface area contributed by atoms with E-state index in [1.165, 1.54) is 6.07 Å². The summed E-state index contributed by atoms with van der Waals surface area (Å²) in [5.74, 6) is -0.182. The molecular weight excluding hydrogens is 195 g/mol. The quantitative estimate of drug-likeness (QED) is 0.743. The van der Waals surface area contributed by atoms with E-state index in [-0.39, 0.29) is 11.9 Å². The fraction of sp³-hybridized carbons (Fsp3) is 0.455. The lowest BCUT2D eigenvalue weighted by atomic mass is 10.2. The molecule has 1 heterocycles. The van der Waals surface area contributed by atoms with Gasteiger partial charge in [0.2, 0.25) is 0 Å². The van der Waals surface area contributed by atoms with Gasteiger partial charge in [0.1, 0.15) is 5.82 Å². The number of fused-ring (bicyclic) bond motifs is 1. The summed E-state index contributed by atoms with van der Waals surface area (Å²) >= 11 is 0. The van der Waals surface area contributed by atoms with Gasteiger partial charge >= 0.3 is 0 Å². The topological polar surface area (TPSA) is 33.3 Å². The van der Waals surface area contributed by atoms with Crippen molar-refractivity contribution in [1.82, 2.24) is 0 Å². The smallest absolute Gasteiger partial charge is 0.128 e. The Balaban J connectivity index is 2.27. The first-order valence-corrected chi connectivity index (χ1v) is 5.01. The van der Waals surface area contributed by atoms with E-state index in [9.17, 15) is 4.39 Å². The summed E-state index contributed by atoms with van der Waals surface area (Å²) in [5, 5.41) is 6.41. The van der Waals surface area contributed by atoms with Crippen molar-refractivity contribution in [2.24, 2.45) is 0 Å². The van der Waals surface area contributed by atoms with Crippen LogP contribution in [0.5, 0.6) is 0 Å². The molecular formula is C11H15FN2O. The van der Waals surface area contributed by atoms with E-state index in [0.29, 0.717) is 12.1 Å². The normalized spacial score (nSPS) is 19.8. The Labute approximate surface area is 88.6 Å². The Morgan fingerprint density at radius 1 is 1.27 bits per heavy atom. The monoisotopic (exact) mass is 210 g/mol. The van der Waals surface area contributed by atoms with Gasteiger partial charge in [-0.15, -0.1) is 0 Å². The summed E-state index contributed by atoms with van der Waals surface area (Å²) in [6, 6.07) is 3.34. The van der Waals surface area contributed by atoms with E-state index in [1.807, 2.05) is 6.07 Å². The van der Waals surface area contributed by atoms with Crippen molar-refractivity contribution >= 4 is 11.4 Å². The molecule has 0 saturated heterocycles. The molecule has 1 unspecified atom stereocenters. The highest BCUT2D eigenvalue weighted by Gasteiger charge is 2.15. The Hall–Kier alpha value is -1.29. The van der Waals surface area contributed by atoms with Crippen molar-refractivity contribution in [2.75, 3.05) is 30.8 Å². The standard InChI is InChI=1S/C11H15FN2O/c1-7-3-10-11(4-9(7)12)14-6-8(15-2)5-13-10/h3-4,8,13-14H,5-6H2,1-2H3. The maximum atomic E-state index is 13.3. The Morgan fingerprint density at radius 3 is 2.47 bits per heavy atom. The molecule has 0 aliphatic carbocycles. The third-order valence-corrected chi connectivity index (χ3v) is 2.67. The van der Waals surface area contributed by atoms with E-state index in [1.54, 1.807) is 14.0 Å². The van der Waals surface area contributed by atoms with E-state index < -0.39 is 0 Å². The lowest BCUT2D eigenvalue weighted by Crippen LogP contribution is -2.26. The fourth-order valence-corrected chi connectivity index (χ4v) is 1.66. The minimum absolute atomic E-state index is 0.112. The van der Waals surface area contributed by atoms with Gasteiger partial charge in [0, 0.05) is 20.2 Å². The highest BCUT2D eigenvalue weighted by atomic mass is 19.1. The lowest BCUT2D eigenvalue weighted by molar-refractivity contribution is 0.124. The maximum Gasteiger partial charge on any atom is 0.128 e. The van der Waals surface area contributed by atoms with Crippen LogP contribution in [-0.4, -0.2) is 26.3 Å². The SMILES string of the molecule is COC1CNc2cc(C)c(F)cc2NC1. The average molecular weight is 210 g/mol. The van der Waals surface area contributed by atoms with Crippen LogP contribution in [0.3, 0.4) is 0 Å². The van der Waals surface area contributed by atoms with Gasteiger partial charge in [-0.3, -0.25) is 0 Å². The molecule has 82 valence electrons. The number of ether oxygens (including phenoxy) is 1. The van der Waals surface area contributed by atoms with Gasteiger partial charge in [-0.25, -0.2) is 4.39 Å². The van der Waals surface area contributed by atoms with Crippen molar-refractivity contribution < 1.29 is 9.13 Å². The van der Waals surface area contributed by atoms with Gasteiger partial charge in [-0.1, -0.05) is 0 Å². The number of aryl methyl sites for hydroxylation is 1. The number of anilines is 2. The summed E-state index contributed by atoms with van der Waals surface area (Å²) in [6.45, 7) is 3.19. The molecule has 1 atom stereocenters. The molecule has 0 fully saturated rings. The first-order chi connectivity index (χ1) is 7.20. The lowest BCUT2D eigenvalue weighted by Gasteiger charge is -2.11. The maximum absolute atomic E-state index is 13.3. The van der Waals surface area contributed by atoms with E-state index in [4.69, 9.17) is 4.74 Å². The van der Waals surface area contributed by atoms with Gasteiger partial charge in [0.25, 0.3) is 0 Å². The summed E-state index contributed by atoms with van der Waals surface area (Å²) in [7, 11) is 1.68. The number of methoxy groups -OCH3 is 1. The fourth-order valence-electron chi connectivity index (χ4n) is 1.66. The van der Waals surface area contributed by atoms with Crippen LogP contribution in [0.4, 0.5) is 15.8 Å². The molecule has 4 heteroatoms. The van der Waals surface area contributed by atoms with Crippen LogP contribution >= 0.6 is 0 Å². The second kappa shape index (κ2) is 4.06. The number of hydrogen-bond donors (Lipinski definition) is 2. The number of hydrogen-bond acceptors (Lipinski definition) is 3. The summed E-state index contributed by atoms with van der Waals surface area (Å²) in [5.41, 5.74) is 2.39. The molecule has 0 radical (unpaired) electrons. The molecule has 0 saturated carbocycles. The average Bonchev–Trinajstić information content (AvgIpc) is 2.42. The van der Waals surface area contributed by atoms with Crippen molar-refractivity contribution in [2.45, 2.75) is 13.0 Å². The van der Waals surface area contributed by atoms with Crippen molar-refractivity contribution in [3.05, 3.63) is 23.5 Å². The molecule has 0 aromatic heterocycles. The second-order valence-corrected chi connectivity index (χ2v) is 3.77.